The molecule has 0 unspecified atom stereocenters. The molecule has 6 nitrogen and oxygen atoms in total. The van der Waals surface area contributed by atoms with Gasteiger partial charge in [0.25, 0.3) is 0 Å². The number of hydrogen-bond donors (Lipinski definition) is 0. The van der Waals surface area contributed by atoms with Gasteiger partial charge >= 0.3 is 0 Å². The number of rotatable bonds is 2. The Labute approximate surface area is 188 Å². The summed E-state index contributed by atoms with van der Waals surface area (Å²) in [5, 5.41) is 0. The first kappa shape index (κ1) is 19.2. The van der Waals surface area contributed by atoms with Crippen molar-refractivity contribution in [3.05, 3.63) is 70.8 Å². The zero-order chi connectivity index (χ0) is 21.3. The number of halogens is 1. The molecule has 0 spiro atoms. The Morgan fingerprint density at radius 2 is 1.55 bits per heavy atom. The maximum Gasteiger partial charge on any atom is 0.242 e. The van der Waals surface area contributed by atoms with E-state index >= 15 is 0 Å². The van der Waals surface area contributed by atoms with Crippen molar-refractivity contribution in [2.45, 2.75) is 10.2 Å². The number of morpholine rings is 1. The fourth-order valence-corrected chi connectivity index (χ4v) is 7.15. The SMILES string of the molecule is O=C(CN1C(=O)[C@H]2C3c4ccccc4C(Br)(c4ccccc43)[C@H]2C1=O)N1CCOCC1. The van der Waals surface area contributed by atoms with Crippen LogP contribution in [-0.4, -0.2) is 60.4 Å². The van der Waals surface area contributed by atoms with Gasteiger partial charge in [0.15, 0.2) is 0 Å². The lowest BCUT2D eigenvalue weighted by Crippen LogP contribution is -2.50. The predicted octanol–water partition coefficient (Wildman–Crippen LogP) is 2.24. The van der Waals surface area contributed by atoms with Gasteiger partial charge in [-0.05, 0) is 22.3 Å². The number of nitrogens with zero attached hydrogens (tertiary/aromatic N) is 2. The average Bonchev–Trinajstić information content (AvgIpc) is 3.06. The minimum absolute atomic E-state index is 0.184. The van der Waals surface area contributed by atoms with Crippen molar-refractivity contribution >= 4 is 33.7 Å². The number of hydrogen-bond acceptors (Lipinski definition) is 4. The van der Waals surface area contributed by atoms with Gasteiger partial charge in [-0.2, -0.15) is 0 Å². The Morgan fingerprint density at radius 3 is 2.16 bits per heavy atom. The van der Waals surface area contributed by atoms with Crippen LogP contribution >= 0.6 is 15.9 Å². The van der Waals surface area contributed by atoms with E-state index in [1.54, 1.807) is 4.90 Å². The lowest BCUT2D eigenvalue weighted by Gasteiger charge is -2.51. The molecule has 7 rings (SSSR count). The summed E-state index contributed by atoms with van der Waals surface area (Å²) in [6, 6.07) is 16.1. The Kier molecular flexibility index (Phi) is 4.17. The number of amides is 3. The monoisotopic (exact) mass is 480 g/mol. The van der Waals surface area contributed by atoms with E-state index in [0.717, 1.165) is 22.3 Å². The van der Waals surface area contributed by atoms with Crippen LogP contribution in [0.4, 0.5) is 0 Å². The average molecular weight is 481 g/mol. The molecule has 2 atom stereocenters. The standard InChI is InChI=1S/C24H21BrN2O4/c25-24-16-7-3-1-5-14(16)19(15-6-2-4-8-17(15)24)20-21(24)23(30)27(22(20)29)13-18(28)26-9-11-31-12-10-26/h1-8,19-21H,9-13H2/t19?,20-,21+,24?/m0/s1. The summed E-state index contributed by atoms with van der Waals surface area (Å²) in [5.74, 6) is -1.95. The third-order valence-corrected chi connectivity index (χ3v) is 8.61. The van der Waals surface area contributed by atoms with Crippen LogP contribution in [0.25, 0.3) is 0 Å². The quantitative estimate of drug-likeness (QED) is 0.488. The van der Waals surface area contributed by atoms with E-state index in [-0.39, 0.29) is 30.2 Å². The molecule has 3 amide bonds. The molecule has 2 bridgehead atoms. The molecule has 158 valence electrons. The summed E-state index contributed by atoms with van der Waals surface area (Å²) in [4.78, 5) is 43.0. The summed E-state index contributed by atoms with van der Waals surface area (Å²) < 4.78 is 4.54. The molecule has 7 heteroatoms. The number of benzene rings is 2. The summed E-state index contributed by atoms with van der Waals surface area (Å²) in [6.45, 7) is 1.74. The number of carbonyl (C=O) groups excluding carboxylic acids is 3. The Morgan fingerprint density at radius 1 is 0.968 bits per heavy atom. The summed E-state index contributed by atoms with van der Waals surface area (Å²) in [7, 11) is 0. The minimum Gasteiger partial charge on any atom is -0.378 e. The van der Waals surface area contributed by atoms with Crippen LogP contribution in [0, 0.1) is 11.8 Å². The summed E-state index contributed by atoms with van der Waals surface area (Å²) in [6.07, 6.45) is 0. The van der Waals surface area contributed by atoms with Gasteiger partial charge in [0.05, 0.1) is 29.4 Å². The molecular formula is C24H21BrN2O4. The third-order valence-electron chi connectivity index (χ3n) is 7.26. The van der Waals surface area contributed by atoms with Gasteiger partial charge in [-0.15, -0.1) is 0 Å². The molecule has 5 aliphatic rings. The van der Waals surface area contributed by atoms with Gasteiger partial charge in [-0.1, -0.05) is 64.5 Å². The van der Waals surface area contributed by atoms with Crippen molar-refractivity contribution in [1.29, 1.82) is 0 Å². The maximum absolute atomic E-state index is 13.7. The highest BCUT2D eigenvalue weighted by atomic mass is 79.9. The molecule has 2 aromatic carbocycles. The van der Waals surface area contributed by atoms with Crippen LogP contribution in [0.5, 0.6) is 0 Å². The van der Waals surface area contributed by atoms with Gasteiger partial charge in [0.2, 0.25) is 17.7 Å². The molecule has 31 heavy (non-hydrogen) atoms. The van der Waals surface area contributed by atoms with Crippen molar-refractivity contribution in [1.82, 2.24) is 9.80 Å². The minimum atomic E-state index is -0.775. The summed E-state index contributed by atoms with van der Waals surface area (Å²) in [5.41, 5.74) is 4.26. The van der Waals surface area contributed by atoms with Gasteiger partial charge in [0.1, 0.15) is 6.54 Å². The van der Waals surface area contributed by atoms with Crippen LogP contribution in [-0.2, 0) is 23.4 Å². The topological polar surface area (TPSA) is 66.9 Å². The van der Waals surface area contributed by atoms with Crippen molar-refractivity contribution < 1.29 is 19.1 Å². The van der Waals surface area contributed by atoms with Crippen molar-refractivity contribution in [2.75, 3.05) is 32.8 Å². The highest BCUT2D eigenvalue weighted by Gasteiger charge is 2.67. The molecule has 2 aliphatic heterocycles. The number of ether oxygens (including phenoxy) is 1. The van der Waals surface area contributed by atoms with E-state index in [0.29, 0.717) is 26.3 Å². The van der Waals surface area contributed by atoms with E-state index in [1.807, 2.05) is 36.4 Å². The van der Waals surface area contributed by atoms with Crippen molar-refractivity contribution in [3.8, 4) is 0 Å². The van der Waals surface area contributed by atoms with Crippen LogP contribution in [0.1, 0.15) is 28.2 Å². The lowest BCUT2D eigenvalue weighted by molar-refractivity contribution is -0.148. The van der Waals surface area contributed by atoms with Gasteiger partial charge in [0, 0.05) is 19.0 Å². The zero-order valence-electron chi connectivity index (χ0n) is 16.8. The predicted molar refractivity (Wildman–Crippen MR) is 116 cm³/mol. The first-order chi connectivity index (χ1) is 15.0. The Balaban J connectivity index is 1.43. The number of carbonyl (C=O) groups is 3. The molecule has 0 N–H and O–H groups in total. The van der Waals surface area contributed by atoms with Crippen LogP contribution < -0.4 is 0 Å². The fourth-order valence-electron chi connectivity index (χ4n) is 5.94. The number of imide groups is 1. The number of alkyl halides is 1. The van der Waals surface area contributed by atoms with E-state index in [2.05, 4.69) is 28.1 Å². The van der Waals surface area contributed by atoms with Crippen LogP contribution in [0.15, 0.2) is 48.5 Å². The lowest BCUT2D eigenvalue weighted by atomic mass is 9.55. The molecule has 2 heterocycles. The first-order valence-electron chi connectivity index (χ1n) is 10.6. The van der Waals surface area contributed by atoms with E-state index in [4.69, 9.17) is 4.74 Å². The highest BCUT2D eigenvalue weighted by Crippen LogP contribution is 2.66. The molecule has 2 fully saturated rings. The largest absolute Gasteiger partial charge is 0.378 e. The molecule has 3 aliphatic carbocycles. The zero-order valence-corrected chi connectivity index (χ0v) is 18.4. The van der Waals surface area contributed by atoms with Gasteiger partial charge < -0.3 is 9.64 Å². The van der Waals surface area contributed by atoms with E-state index in [1.165, 1.54) is 4.90 Å². The molecule has 0 radical (unpaired) electrons. The summed E-state index contributed by atoms with van der Waals surface area (Å²) >= 11 is 3.96. The van der Waals surface area contributed by atoms with Crippen LogP contribution in [0.2, 0.25) is 0 Å². The molecule has 0 aromatic heterocycles. The molecule has 2 aromatic rings. The molecule has 2 saturated heterocycles. The van der Waals surface area contributed by atoms with Gasteiger partial charge in [-0.3, -0.25) is 19.3 Å². The molecule has 0 saturated carbocycles. The third kappa shape index (κ3) is 2.44. The van der Waals surface area contributed by atoms with Crippen LogP contribution in [0.3, 0.4) is 0 Å². The first-order valence-corrected chi connectivity index (χ1v) is 11.4. The van der Waals surface area contributed by atoms with Crippen molar-refractivity contribution in [2.24, 2.45) is 11.8 Å². The maximum atomic E-state index is 13.7. The smallest absolute Gasteiger partial charge is 0.242 e. The van der Waals surface area contributed by atoms with E-state index < -0.39 is 16.2 Å². The van der Waals surface area contributed by atoms with E-state index in [9.17, 15) is 14.4 Å². The second kappa shape index (κ2) is 6.74. The number of likely N-dealkylation sites (tertiary alicyclic amines) is 1. The molecular weight excluding hydrogens is 460 g/mol. The van der Waals surface area contributed by atoms with Crippen molar-refractivity contribution in [3.63, 3.8) is 0 Å². The van der Waals surface area contributed by atoms with Gasteiger partial charge in [-0.25, -0.2) is 0 Å². The normalized spacial score (nSPS) is 30.8. The second-order valence-corrected chi connectivity index (χ2v) is 9.87. The highest BCUT2D eigenvalue weighted by molar-refractivity contribution is 9.09. The Bertz CT molecular complexity index is 1080. The Hall–Kier alpha value is -2.51. The fraction of sp³-hybridized carbons (Fsp3) is 0.375. The second-order valence-electron chi connectivity index (χ2n) is 8.62.